The number of carbonyl (C=O) groups is 3. The van der Waals surface area contributed by atoms with Gasteiger partial charge in [-0.05, 0) is 45.7 Å². The first-order valence-corrected chi connectivity index (χ1v) is 8.83. The minimum Gasteiger partial charge on any atom is -0.459 e. The molecule has 0 unspecified atom stereocenters. The van der Waals surface area contributed by atoms with E-state index in [1.54, 1.807) is 37.8 Å². The van der Waals surface area contributed by atoms with Gasteiger partial charge in [-0.2, -0.15) is 0 Å². The Hall–Kier alpha value is -2.51. The van der Waals surface area contributed by atoms with E-state index in [0.29, 0.717) is 31.7 Å². The van der Waals surface area contributed by atoms with Crippen LogP contribution in [0.4, 0.5) is 4.79 Å². The van der Waals surface area contributed by atoms with Crippen LogP contribution in [-0.2, 0) is 9.53 Å². The van der Waals surface area contributed by atoms with Crippen molar-refractivity contribution in [1.82, 2.24) is 15.5 Å². The lowest BCUT2D eigenvalue weighted by Crippen LogP contribution is -2.47. The fourth-order valence-electron chi connectivity index (χ4n) is 2.68. The van der Waals surface area contributed by atoms with Crippen LogP contribution in [0.3, 0.4) is 0 Å². The van der Waals surface area contributed by atoms with Crippen molar-refractivity contribution in [3.63, 3.8) is 0 Å². The lowest BCUT2D eigenvalue weighted by Gasteiger charge is -2.31. The van der Waals surface area contributed by atoms with E-state index < -0.39 is 11.7 Å². The van der Waals surface area contributed by atoms with Crippen LogP contribution >= 0.6 is 0 Å². The molecule has 1 aromatic rings. The van der Waals surface area contributed by atoms with Crippen LogP contribution in [0.5, 0.6) is 0 Å². The molecule has 1 aliphatic heterocycles. The van der Waals surface area contributed by atoms with E-state index in [1.165, 1.54) is 6.26 Å². The summed E-state index contributed by atoms with van der Waals surface area (Å²) in [5.41, 5.74) is -0.562. The van der Waals surface area contributed by atoms with Gasteiger partial charge in [-0.15, -0.1) is 0 Å². The van der Waals surface area contributed by atoms with Gasteiger partial charge in [-0.25, -0.2) is 4.79 Å². The highest BCUT2D eigenvalue weighted by Gasteiger charge is 2.25. The molecular formula is C18H27N3O5. The molecule has 0 aliphatic carbocycles. The summed E-state index contributed by atoms with van der Waals surface area (Å²) in [6, 6.07) is 3.36. The van der Waals surface area contributed by atoms with E-state index >= 15 is 0 Å². The molecule has 0 bridgehead atoms. The predicted octanol–water partition coefficient (Wildman–Crippen LogP) is 1.92. The van der Waals surface area contributed by atoms with E-state index in [2.05, 4.69) is 10.6 Å². The molecule has 0 spiro atoms. The van der Waals surface area contributed by atoms with Gasteiger partial charge >= 0.3 is 6.09 Å². The zero-order valence-electron chi connectivity index (χ0n) is 15.5. The normalized spacial score (nSPS) is 15.4. The second kappa shape index (κ2) is 8.73. The van der Waals surface area contributed by atoms with Crippen LogP contribution < -0.4 is 10.6 Å². The number of nitrogens with zero attached hydrogens (tertiary/aromatic N) is 1. The third-order valence-corrected chi connectivity index (χ3v) is 3.90. The predicted molar refractivity (Wildman–Crippen MR) is 94.6 cm³/mol. The average molecular weight is 365 g/mol. The highest BCUT2D eigenvalue weighted by atomic mass is 16.6. The molecule has 2 heterocycles. The smallest absolute Gasteiger partial charge is 0.407 e. The maximum Gasteiger partial charge on any atom is 0.407 e. The molecule has 1 aromatic heterocycles. The highest BCUT2D eigenvalue weighted by Crippen LogP contribution is 2.14. The van der Waals surface area contributed by atoms with Crippen molar-refractivity contribution >= 4 is 17.9 Å². The topological polar surface area (TPSA) is 101 Å². The molecule has 0 saturated carbocycles. The number of hydrogen-bond acceptors (Lipinski definition) is 5. The first-order valence-electron chi connectivity index (χ1n) is 8.83. The van der Waals surface area contributed by atoms with Crippen molar-refractivity contribution in [1.29, 1.82) is 0 Å². The summed E-state index contributed by atoms with van der Waals surface area (Å²) in [5.74, 6) is 0.0823. The standard InChI is InChI=1S/C18H27N3O5/c1-18(2,3)26-17(24)19-9-6-15(22)20-13-7-10-21(11-8-13)16(23)14-5-4-12-25-14/h4-5,12-13H,6-11H2,1-3H3,(H,19,24)(H,20,22). The number of furan rings is 1. The summed E-state index contributed by atoms with van der Waals surface area (Å²) >= 11 is 0. The van der Waals surface area contributed by atoms with Crippen molar-refractivity contribution in [3.8, 4) is 0 Å². The molecule has 3 amide bonds. The molecule has 2 N–H and O–H groups in total. The molecule has 144 valence electrons. The molecule has 1 aliphatic rings. The van der Waals surface area contributed by atoms with Gasteiger partial charge in [0.1, 0.15) is 5.60 Å². The fraction of sp³-hybridized carbons (Fsp3) is 0.611. The van der Waals surface area contributed by atoms with E-state index in [1.807, 2.05) is 0 Å². The summed E-state index contributed by atoms with van der Waals surface area (Å²) in [4.78, 5) is 37.4. The van der Waals surface area contributed by atoms with E-state index in [0.717, 1.165) is 0 Å². The third kappa shape index (κ3) is 6.42. The van der Waals surface area contributed by atoms with E-state index in [4.69, 9.17) is 9.15 Å². The Bertz CT molecular complexity index is 613. The molecule has 26 heavy (non-hydrogen) atoms. The third-order valence-electron chi connectivity index (χ3n) is 3.90. The molecule has 0 aromatic carbocycles. The molecule has 2 rings (SSSR count). The van der Waals surface area contributed by atoms with Crippen molar-refractivity contribution in [3.05, 3.63) is 24.2 Å². The van der Waals surface area contributed by atoms with Crippen molar-refractivity contribution in [2.45, 2.75) is 51.7 Å². The van der Waals surface area contributed by atoms with Crippen LogP contribution in [0.1, 0.15) is 50.6 Å². The van der Waals surface area contributed by atoms with Crippen molar-refractivity contribution in [2.24, 2.45) is 0 Å². The molecular weight excluding hydrogens is 338 g/mol. The van der Waals surface area contributed by atoms with Gasteiger partial charge in [0, 0.05) is 32.1 Å². The largest absolute Gasteiger partial charge is 0.459 e. The van der Waals surface area contributed by atoms with Crippen LogP contribution in [0.2, 0.25) is 0 Å². The Morgan fingerprint density at radius 3 is 2.54 bits per heavy atom. The molecule has 8 nitrogen and oxygen atoms in total. The number of nitrogens with one attached hydrogen (secondary N) is 2. The minimum atomic E-state index is -0.562. The number of likely N-dealkylation sites (tertiary alicyclic amines) is 1. The van der Waals surface area contributed by atoms with Gasteiger partial charge in [0.05, 0.1) is 6.26 Å². The lowest BCUT2D eigenvalue weighted by atomic mass is 10.0. The van der Waals surface area contributed by atoms with Gasteiger partial charge in [0.25, 0.3) is 5.91 Å². The Morgan fingerprint density at radius 1 is 1.27 bits per heavy atom. The Kier molecular flexibility index (Phi) is 6.65. The molecule has 0 atom stereocenters. The summed E-state index contributed by atoms with van der Waals surface area (Å²) < 4.78 is 10.2. The van der Waals surface area contributed by atoms with Crippen LogP contribution in [0.25, 0.3) is 0 Å². The zero-order valence-corrected chi connectivity index (χ0v) is 15.5. The van der Waals surface area contributed by atoms with Gasteiger partial charge in [-0.3, -0.25) is 9.59 Å². The molecule has 0 radical (unpaired) electrons. The number of alkyl carbamates (subject to hydrolysis) is 1. The van der Waals surface area contributed by atoms with Crippen molar-refractivity contribution < 1.29 is 23.5 Å². The second-order valence-corrected chi connectivity index (χ2v) is 7.29. The monoisotopic (exact) mass is 365 g/mol. The molecule has 1 fully saturated rings. The number of piperidine rings is 1. The summed E-state index contributed by atoms with van der Waals surface area (Å²) in [5, 5.41) is 5.50. The number of rotatable bonds is 5. The molecule has 1 saturated heterocycles. The van der Waals surface area contributed by atoms with Crippen molar-refractivity contribution in [2.75, 3.05) is 19.6 Å². The van der Waals surface area contributed by atoms with Gasteiger partial charge in [-0.1, -0.05) is 0 Å². The lowest BCUT2D eigenvalue weighted by molar-refractivity contribution is -0.121. The maximum atomic E-state index is 12.2. The second-order valence-electron chi connectivity index (χ2n) is 7.29. The van der Waals surface area contributed by atoms with E-state index in [-0.39, 0.29) is 30.8 Å². The number of carbonyl (C=O) groups excluding carboxylic acids is 3. The van der Waals surface area contributed by atoms with Crippen LogP contribution in [0.15, 0.2) is 22.8 Å². The zero-order chi connectivity index (χ0) is 19.2. The first kappa shape index (κ1) is 19.8. The number of amides is 3. The highest BCUT2D eigenvalue weighted by molar-refractivity contribution is 5.91. The summed E-state index contributed by atoms with van der Waals surface area (Å²) in [6.07, 6.45) is 2.51. The van der Waals surface area contributed by atoms with Crippen LogP contribution in [-0.4, -0.2) is 54.1 Å². The Labute approximate surface area is 153 Å². The number of ether oxygens (including phenoxy) is 1. The Morgan fingerprint density at radius 2 is 1.96 bits per heavy atom. The number of hydrogen-bond donors (Lipinski definition) is 2. The summed E-state index contributed by atoms with van der Waals surface area (Å²) in [6.45, 7) is 6.70. The fourth-order valence-corrected chi connectivity index (χ4v) is 2.68. The van der Waals surface area contributed by atoms with Gasteiger partial charge in [0.2, 0.25) is 5.91 Å². The quantitative estimate of drug-likeness (QED) is 0.830. The Balaban J connectivity index is 1.63. The summed E-state index contributed by atoms with van der Waals surface area (Å²) in [7, 11) is 0. The van der Waals surface area contributed by atoms with E-state index in [9.17, 15) is 14.4 Å². The first-order chi connectivity index (χ1) is 12.2. The molecule has 8 heteroatoms. The van der Waals surface area contributed by atoms with Gasteiger partial charge in [0.15, 0.2) is 5.76 Å². The SMILES string of the molecule is CC(C)(C)OC(=O)NCCC(=O)NC1CCN(C(=O)c2ccco2)CC1. The maximum absolute atomic E-state index is 12.2. The van der Waals surface area contributed by atoms with Crippen LogP contribution in [0, 0.1) is 0 Å². The minimum absolute atomic E-state index is 0.0321. The van der Waals surface area contributed by atoms with Gasteiger partial charge < -0.3 is 24.7 Å². The average Bonchev–Trinajstić information content (AvgIpc) is 3.07.